The number of benzene rings is 1. The van der Waals surface area contributed by atoms with Crippen molar-refractivity contribution in [2.24, 2.45) is 0 Å². The second-order valence-electron chi connectivity index (χ2n) is 7.06. The number of anilines is 2. The minimum atomic E-state index is -1.67. The maximum atomic E-state index is 11.8. The number of hydrogen-bond donors (Lipinski definition) is 6. The molecule has 0 aliphatic carbocycles. The van der Waals surface area contributed by atoms with Crippen LogP contribution in [0.1, 0.15) is 33.3 Å². The first-order valence-electron chi connectivity index (χ1n) is 9.47. The number of hydrogen-bond acceptors (Lipinski definition) is 7. The zero-order valence-electron chi connectivity index (χ0n) is 16.7. The Balaban J connectivity index is 1.60. The fourth-order valence-corrected chi connectivity index (χ4v) is 4.51. The average Bonchev–Trinajstić information content (AvgIpc) is 3.06. The molecule has 6 N–H and O–H groups in total. The molecule has 10 nitrogen and oxygen atoms in total. The summed E-state index contributed by atoms with van der Waals surface area (Å²) < 4.78 is 0. The smallest absolute Gasteiger partial charge is 0.394 e. The van der Waals surface area contributed by atoms with Crippen molar-refractivity contribution in [2.45, 2.75) is 32.5 Å². The second-order valence-corrected chi connectivity index (χ2v) is 8.17. The summed E-state index contributed by atoms with van der Waals surface area (Å²) in [7, 11) is 0. The molecule has 0 fully saturated rings. The third-order valence-electron chi connectivity index (χ3n) is 4.72. The molecule has 1 atom stereocenters. The summed E-state index contributed by atoms with van der Waals surface area (Å²) in [5.41, 5.74) is 2.33. The molecule has 3 rings (SSSR count). The van der Waals surface area contributed by atoms with Crippen LogP contribution in [0.3, 0.4) is 0 Å². The molecule has 2 amide bonds. The Labute approximate surface area is 181 Å². The van der Waals surface area contributed by atoms with Crippen molar-refractivity contribution in [1.82, 2.24) is 10.6 Å². The Morgan fingerprint density at radius 3 is 2.45 bits per heavy atom. The molecule has 164 valence electrons. The average molecular weight is 446 g/mol. The number of aliphatic carboxylic acids is 1. The van der Waals surface area contributed by atoms with Crippen molar-refractivity contribution in [3.8, 4) is 0 Å². The standard InChI is InChI=1S/C20H22N4O6S/c1-10(25)23-12-4-2-11(3-5-12)7-21-8-13-6-14-15(9-22-13)31-18(16(14)19(27)28)24-17(26)20(29)30/h2-5,13,21-22H,6-9H2,1H3,(H,23,25)(H,24,26)(H,27,28)(H,29,30)/t13-/m0/s1. The molecule has 0 bridgehead atoms. The lowest BCUT2D eigenvalue weighted by atomic mass is 9.98. The minimum absolute atomic E-state index is 0.0260. The van der Waals surface area contributed by atoms with E-state index >= 15 is 0 Å². The highest BCUT2D eigenvalue weighted by atomic mass is 32.1. The van der Waals surface area contributed by atoms with E-state index in [1.54, 1.807) is 0 Å². The van der Waals surface area contributed by atoms with E-state index in [2.05, 4.69) is 21.3 Å². The van der Waals surface area contributed by atoms with Gasteiger partial charge in [-0.2, -0.15) is 0 Å². The highest BCUT2D eigenvalue weighted by Crippen LogP contribution is 2.36. The van der Waals surface area contributed by atoms with E-state index in [0.717, 1.165) is 27.5 Å². The number of carbonyl (C=O) groups is 4. The number of carboxylic acid groups (broad SMARTS) is 2. The zero-order chi connectivity index (χ0) is 22.5. The number of fused-ring (bicyclic) bond motifs is 1. The van der Waals surface area contributed by atoms with Crippen LogP contribution in [-0.2, 0) is 33.9 Å². The van der Waals surface area contributed by atoms with Gasteiger partial charge in [-0.1, -0.05) is 12.1 Å². The first-order chi connectivity index (χ1) is 14.7. The molecule has 1 aliphatic rings. The van der Waals surface area contributed by atoms with E-state index in [9.17, 15) is 24.3 Å². The summed E-state index contributed by atoms with van der Waals surface area (Å²) in [6.07, 6.45) is 0.435. The van der Waals surface area contributed by atoms with Crippen molar-refractivity contribution in [1.29, 1.82) is 0 Å². The van der Waals surface area contributed by atoms with Crippen LogP contribution in [-0.4, -0.2) is 46.6 Å². The maximum Gasteiger partial charge on any atom is 0.394 e. The summed E-state index contributed by atoms with van der Waals surface area (Å²) in [5, 5.41) is 29.9. The van der Waals surface area contributed by atoms with E-state index in [1.807, 2.05) is 24.3 Å². The highest BCUT2D eigenvalue weighted by Gasteiger charge is 2.30. The predicted octanol–water partition coefficient (Wildman–Crippen LogP) is 1.23. The Kier molecular flexibility index (Phi) is 7.00. The Hall–Kier alpha value is -3.28. The van der Waals surface area contributed by atoms with Crippen molar-refractivity contribution in [2.75, 3.05) is 17.2 Å². The van der Waals surface area contributed by atoms with Gasteiger partial charge in [0.1, 0.15) is 5.00 Å². The Bertz CT molecular complexity index is 1020. The van der Waals surface area contributed by atoms with Gasteiger partial charge in [-0.15, -0.1) is 11.3 Å². The van der Waals surface area contributed by atoms with Crippen LogP contribution in [0.2, 0.25) is 0 Å². The molecule has 0 unspecified atom stereocenters. The number of amides is 2. The van der Waals surface area contributed by atoms with Gasteiger partial charge in [0.25, 0.3) is 0 Å². The SMILES string of the molecule is CC(=O)Nc1ccc(CNC[C@@H]2Cc3c(sc(NC(=O)C(=O)O)c3C(=O)O)CN2)cc1. The van der Waals surface area contributed by atoms with E-state index in [0.29, 0.717) is 31.6 Å². The molecule has 1 aliphatic heterocycles. The molecular weight excluding hydrogens is 424 g/mol. The molecule has 1 aromatic carbocycles. The summed E-state index contributed by atoms with van der Waals surface area (Å²) in [5.74, 6) is -4.27. The number of carbonyl (C=O) groups excluding carboxylic acids is 2. The maximum absolute atomic E-state index is 11.8. The van der Waals surface area contributed by atoms with Gasteiger partial charge in [0.15, 0.2) is 0 Å². The van der Waals surface area contributed by atoms with Crippen molar-refractivity contribution >= 4 is 45.8 Å². The van der Waals surface area contributed by atoms with Gasteiger partial charge >= 0.3 is 17.8 Å². The van der Waals surface area contributed by atoms with Crippen LogP contribution in [0.4, 0.5) is 10.7 Å². The summed E-state index contributed by atoms with van der Waals surface area (Å²) in [6, 6.07) is 7.43. The highest BCUT2D eigenvalue weighted by molar-refractivity contribution is 7.17. The Morgan fingerprint density at radius 2 is 1.84 bits per heavy atom. The van der Waals surface area contributed by atoms with Crippen LogP contribution < -0.4 is 21.3 Å². The lowest BCUT2D eigenvalue weighted by Crippen LogP contribution is -2.42. The van der Waals surface area contributed by atoms with Crippen molar-refractivity contribution in [3.05, 3.63) is 45.8 Å². The number of aromatic carboxylic acids is 1. The fraction of sp³-hybridized carbons (Fsp3) is 0.300. The third kappa shape index (κ3) is 5.66. The quantitative estimate of drug-likeness (QED) is 0.347. The van der Waals surface area contributed by atoms with Crippen molar-refractivity contribution in [3.63, 3.8) is 0 Å². The van der Waals surface area contributed by atoms with Crippen LogP contribution in [0.5, 0.6) is 0 Å². The van der Waals surface area contributed by atoms with Gasteiger partial charge in [0.2, 0.25) is 5.91 Å². The van der Waals surface area contributed by atoms with Gasteiger partial charge in [-0.05, 0) is 29.7 Å². The number of carboxylic acids is 2. The number of rotatable bonds is 7. The van der Waals surface area contributed by atoms with Crippen molar-refractivity contribution < 1.29 is 29.4 Å². The molecule has 0 radical (unpaired) electrons. The number of nitrogens with one attached hydrogen (secondary N) is 4. The van der Waals surface area contributed by atoms with Gasteiger partial charge < -0.3 is 31.5 Å². The van der Waals surface area contributed by atoms with Crippen LogP contribution in [0, 0.1) is 0 Å². The lowest BCUT2D eigenvalue weighted by molar-refractivity contribution is -0.147. The van der Waals surface area contributed by atoms with Crippen LogP contribution in [0.25, 0.3) is 0 Å². The summed E-state index contributed by atoms with van der Waals surface area (Å²) >= 11 is 1.08. The minimum Gasteiger partial charge on any atom is -0.478 e. The molecule has 0 saturated carbocycles. The molecule has 2 heterocycles. The van der Waals surface area contributed by atoms with Gasteiger partial charge in [0.05, 0.1) is 5.56 Å². The molecule has 0 spiro atoms. The lowest BCUT2D eigenvalue weighted by Gasteiger charge is -2.24. The Morgan fingerprint density at radius 1 is 1.13 bits per heavy atom. The second kappa shape index (κ2) is 9.69. The summed E-state index contributed by atoms with van der Waals surface area (Å²) in [4.78, 5) is 45.8. The number of thiophene rings is 1. The first-order valence-corrected chi connectivity index (χ1v) is 10.3. The van der Waals surface area contributed by atoms with E-state index in [-0.39, 0.29) is 22.5 Å². The molecule has 11 heteroatoms. The monoisotopic (exact) mass is 446 g/mol. The largest absolute Gasteiger partial charge is 0.478 e. The van der Waals surface area contributed by atoms with E-state index in [4.69, 9.17) is 5.11 Å². The van der Waals surface area contributed by atoms with Crippen LogP contribution in [0.15, 0.2) is 24.3 Å². The summed E-state index contributed by atoms with van der Waals surface area (Å²) in [6.45, 7) is 3.06. The predicted molar refractivity (Wildman–Crippen MR) is 114 cm³/mol. The third-order valence-corrected chi connectivity index (χ3v) is 5.87. The van der Waals surface area contributed by atoms with Gasteiger partial charge in [-0.25, -0.2) is 9.59 Å². The molecule has 31 heavy (non-hydrogen) atoms. The normalized spacial score (nSPS) is 15.1. The van der Waals surface area contributed by atoms with E-state index < -0.39 is 17.8 Å². The van der Waals surface area contributed by atoms with Gasteiger partial charge in [-0.3, -0.25) is 9.59 Å². The molecule has 1 aromatic heterocycles. The van der Waals surface area contributed by atoms with E-state index in [1.165, 1.54) is 6.92 Å². The molecule has 2 aromatic rings. The molecular formula is C20H22N4O6S. The fourth-order valence-electron chi connectivity index (χ4n) is 3.34. The topological polar surface area (TPSA) is 157 Å². The molecule has 0 saturated heterocycles. The zero-order valence-corrected chi connectivity index (χ0v) is 17.5. The van der Waals surface area contributed by atoms with Gasteiger partial charge in [0, 0.05) is 43.2 Å². The first kappa shape index (κ1) is 22.4. The van der Waals surface area contributed by atoms with Crippen LogP contribution >= 0.6 is 11.3 Å².